The van der Waals surface area contributed by atoms with Crippen LogP contribution in [0.25, 0.3) is 0 Å². The molecule has 0 atom stereocenters. The van der Waals surface area contributed by atoms with Gasteiger partial charge in [0, 0.05) is 18.8 Å². The minimum Gasteiger partial charge on any atom is -0.493 e. The Morgan fingerprint density at radius 1 is 1.00 bits per heavy atom. The summed E-state index contributed by atoms with van der Waals surface area (Å²) in [6.45, 7) is 0.451. The molecule has 1 aromatic heterocycles. The van der Waals surface area contributed by atoms with E-state index in [1.807, 2.05) is 0 Å². The van der Waals surface area contributed by atoms with Gasteiger partial charge >= 0.3 is 5.97 Å². The predicted molar refractivity (Wildman–Crippen MR) is 147 cm³/mol. The first kappa shape index (κ1) is 29.0. The maximum atomic E-state index is 12.9. The molecule has 4 rings (SSSR count). The van der Waals surface area contributed by atoms with Crippen LogP contribution in [0.15, 0.2) is 58.8 Å². The van der Waals surface area contributed by atoms with Gasteiger partial charge in [-0.05, 0) is 41.8 Å². The Hall–Kier alpha value is -3.98. The molecule has 2 heterocycles. The summed E-state index contributed by atoms with van der Waals surface area (Å²) in [5, 5.41) is 6.98. The molecule has 0 aliphatic carbocycles. The number of amides is 2. The summed E-state index contributed by atoms with van der Waals surface area (Å²) in [5.41, 5.74) is 0.403. The Bertz CT molecular complexity index is 1490. The number of esters is 1. The van der Waals surface area contributed by atoms with Crippen molar-refractivity contribution < 1.29 is 41.7 Å². The Labute approximate surface area is 234 Å². The standard InChI is InChI=1S/C26H27N3O9S2/c1-35-21-14-17(13-20(24(21)36-2)28-25(31)22-7-4-12-39-22)26(32)38-16-23(30)27-18-5-3-6-19(15-18)40(33,34)29-8-10-37-11-9-29/h3-7,12-15H,8-11,16H2,1-2H3,(H,27,30)(H,28,31). The van der Waals surface area contributed by atoms with Crippen LogP contribution in [0.1, 0.15) is 20.0 Å². The van der Waals surface area contributed by atoms with Gasteiger partial charge in [0.25, 0.3) is 11.8 Å². The van der Waals surface area contributed by atoms with Gasteiger partial charge in [-0.2, -0.15) is 4.31 Å². The molecule has 0 unspecified atom stereocenters. The molecule has 1 aliphatic heterocycles. The zero-order chi connectivity index (χ0) is 28.7. The first-order chi connectivity index (χ1) is 19.2. The number of thiophene rings is 1. The average Bonchev–Trinajstić information content (AvgIpc) is 3.51. The van der Waals surface area contributed by atoms with Crippen molar-refractivity contribution in [3.8, 4) is 11.5 Å². The molecule has 3 aromatic rings. The summed E-state index contributed by atoms with van der Waals surface area (Å²) in [4.78, 5) is 38.4. The minimum absolute atomic E-state index is 0.00512. The molecule has 0 saturated carbocycles. The third kappa shape index (κ3) is 6.77. The molecule has 1 fully saturated rings. The second-order valence-electron chi connectivity index (χ2n) is 8.36. The van der Waals surface area contributed by atoms with Gasteiger partial charge in [0.1, 0.15) is 0 Å². The Balaban J connectivity index is 1.42. The topological polar surface area (TPSA) is 150 Å². The van der Waals surface area contributed by atoms with Crippen molar-refractivity contribution in [2.24, 2.45) is 0 Å². The van der Waals surface area contributed by atoms with Gasteiger partial charge in [-0.15, -0.1) is 11.3 Å². The van der Waals surface area contributed by atoms with Gasteiger partial charge in [0.05, 0.1) is 48.5 Å². The lowest BCUT2D eigenvalue weighted by Gasteiger charge is -2.26. The number of rotatable bonds is 10. The maximum Gasteiger partial charge on any atom is 0.338 e. The fourth-order valence-electron chi connectivity index (χ4n) is 3.85. The lowest BCUT2D eigenvalue weighted by molar-refractivity contribution is -0.119. The predicted octanol–water partition coefficient (Wildman–Crippen LogP) is 2.83. The lowest BCUT2D eigenvalue weighted by atomic mass is 10.1. The number of nitrogens with zero attached hydrogens (tertiary/aromatic N) is 1. The van der Waals surface area contributed by atoms with Crippen molar-refractivity contribution >= 4 is 50.5 Å². The second-order valence-corrected chi connectivity index (χ2v) is 11.2. The van der Waals surface area contributed by atoms with Gasteiger partial charge in [0.15, 0.2) is 18.1 Å². The van der Waals surface area contributed by atoms with E-state index in [2.05, 4.69) is 10.6 Å². The molecule has 2 N–H and O–H groups in total. The first-order valence-corrected chi connectivity index (χ1v) is 14.3. The Kier molecular flexibility index (Phi) is 9.37. The molecular weight excluding hydrogens is 562 g/mol. The highest BCUT2D eigenvalue weighted by Crippen LogP contribution is 2.37. The number of morpholine rings is 1. The summed E-state index contributed by atoms with van der Waals surface area (Å²) in [7, 11) is -0.992. The fraction of sp³-hybridized carbons (Fsp3) is 0.269. The maximum absolute atomic E-state index is 12.9. The van der Waals surface area contributed by atoms with Crippen LogP contribution in [0.5, 0.6) is 11.5 Å². The number of carbonyl (C=O) groups is 3. The molecule has 0 bridgehead atoms. The number of carbonyl (C=O) groups excluding carboxylic acids is 3. The number of ether oxygens (including phenoxy) is 4. The number of hydrogen-bond donors (Lipinski definition) is 2. The van der Waals surface area contributed by atoms with Gasteiger partial charge < -0.3 is 29.6 Å². The van der Waals surface area contributed by atoms with Gasteiger partial charge in [-0.1, -0.05) is 12.1 Å². The number of benzene rings is 2. The molecule has 2 aromatic carbocycles. The van der Waals surface area contributed by atoms with Gasteiger partial charge in [-0.25, -0.2) is 13.2 Å². The Morgan fingerprint density at radius 3 is 2.45 bits per heavy atom. The molecule has 12 nitrogen and oxygen atoms in total. The minimum atomic E-state index is -3.76. The van der Waals surface area contributed by atoms with E-state index >= 15 is 0 Å². The van der Waals surface area contributed by atoms with Gasteiger partial charge in [0.2, 0.25) is 10.0 Å². The van der Waals surface area contributed by atoms with Crippen LogP contribution in [-0.4, -0.2) is 77.6 Å². The number of nitrogens with one attached hydrogen (secondary N) is 2. The van der Waals surface area contributed by atoms with Crippen LogP contribution in [-0.2, 0) is 24.3 Å². The van der Waals surface area contributed by atoms with E-state index in [-0.39, 0.29) is 46.4 Å². The molecule has 0 spiro atoms. The zero-order valence-electron chi connectivity index (χ0n) is 21.7. The molecule has 1 saturated heterocycles. The molecule has 212 valence electrons. The highest BCUT2D eigenvalue weighted by Gasteiger charge is 2.26. The summed E-state index contributed by atoms with van der Waals surface area (Å²) in [5.74, 6) is -1.57. The van der Waals surface area contributed by atoms with Crippen LogP contribution in [0.4, 0.5) is 11.4 Å². The normalized spacial score (nSPS) is 13.8. The summed E-state index contributed by atoms with van der Waals surface area (Å²) in [6, 6.07) is 11.9. The molecule has 14 heteroatoms. The number of anilines is 2. The smallest absolute Gasteiger partial charge is 0.338 e. The van der Waals surface area contributed by atoms with Crippen LogP contribution < -0.4 is 20.1 Å². The number of hydrogen-bond acceptors (Lipinski definition) is 10. The highest BCUT2D eigenvalue weighted by molar-refractivity contribution is 7.89. The fourth-order valence-corrected chi connectivity index (χ4v) is 5.92. The van der Waals surface area contributed by atoms with E-state index in [0.717, 1.165) is 0 Å². The molecule has 1 aliphatic rings. The van der Waals surface area contributed by atoms with E-state index < -0.39 is 34.4 Å². The summed E-state index contributed by atoms with van der Waals surface area (Å²) in [6.07, 6.45) is 0. The monoisotopic (exact) mass is 589 g/mol. The third-order valence-corrected chi connectivity index (χ3v) is 8.53. The highest BCUT2D eigenvalue weighted by atomic mass is 32.2. The second kappa shape index (κ2) is 12.9. The largest absolute Gasteiger partial charge is 0.493 e. The lowest BCUT2D eigenvalue weighted by Crippen LogP contribution is -2.40. The van der Waals surface area contributed by atoms with Crippen molar-refractivity contribution in [3.63, 3.8) is 0 Å². The van der Waals surface area contributed by atoms with E-state index in [1.54, 1.807) is 17.5 Å². The number of sulfonamides is 1. The van der Waals surface area contributed by atoms with Crippen molar-refractivity contribution in [2.75, 3.05) is 57.8 Å². The number of methoxy groups -OCH3 is 2. The average molecular weight is 590 g/mol. The van der Waals surface area contributed by atoms with Crippen LogP contribution in [0, 0.1) is 0 Å². The quantitative estimate of drug-likeness (QED) is 0.340. The van der Waals surface area contributed by atoms with Gasteiger partial charge in [-0.3, -0.25) is 9.59 Å². The van der Waals surface area contributed by atoms with Crippen LogP contribution >= 0.6 is 11.3 Å². The zero-order valence-corrected chi connectivity index (χ0v) is 23.3. The molecule has 0 radical (unpaired) electrons. The van der Waals surface area contributed by atoms with E-state index in [0.29, 0.717) is 18.1 Å². The summed E-state index contributed by atoms with van der Waals surface area (Å²) >= 11 is 1.24. The Morgan fingerprint density at radius 2 is 1.77 bits per heavy atom. The van der Waals surface area contributed by atoms with Crippen molar-refractivity contribution in [3.05, 3.63) is 64.4 Å². The van der Waals surface area contributed by atoms with Crippen molar-refractivity contribution in [1.29, 1.82) is 0 Å². The van der Waals surface area contributed by atoms with Crippen LogP contribution in [0.3, 0.4) is 0 Å². The third-order valence-electron chi connectivity index (χ3n) is 5.77. The summed E-state index contributed by atoms with van der Waals surface area (Å²) < 4.78 is 48.2. The molecular formula is C26H27N3O9S2. The van der Waals surface area contributed by atoms with Crippen molar-refractivity contribution in [1.82, 2.24) is 4.31 Å². The first-order valence-electron chi connectivity index (χ1n) is 12.0. The van der Waals surface area contributed by atoms with Crippen LogP contribution in [0.2, 0.25) is 0 Å². The molecule has 2 amide bonds. The molecule has 40 heavy (non-hydrogen) atoms. The van der Waals surface area contributed by atoms with E-state index in [9.17, 15) is 22.8 Å². The SMILES string of the molecule is COc1cc(C(=O)OCC(=O)Nc2cccc(S(=O)(=O)N3CCOCC3)c2)cc(NC(=O)c2cccs2)c1OC. The van der Waals surface area contributed by atoms with E-state index in [1.165, 1.54) is 66.3 Å². The van der Waals surface area contributed by atoms with E-state index in [4.69, 9.17) is 18.9 Å². The van der Waals surface area contributed by atoms with Crippen molar-refractivity contribution in [2.45, 2.75) is 4.90 Å².